The summed E-state index contributed by atoms with van der Waals surface area (Å²) in [6, 6.07) is 5.17. The minimum Gasteiger partial charge on any atom is -0.508 e. The normalized spacial score (nSPS) is 11.6. The molecule has 2 heteroatoms. The van der Waals surface area contributed by atoms with E-state index in [1.54, 1.807) is 12.1 Å². The molecular weight excluding hydrogens is 176 g/mol. The van der Waals surface area contributed by atoms with E-state index in [9.17, 15) is 5.11 Å². The van der Waals surface area contributed by atoms with Crippen molar-refractivity contribution in [1.82, 2.24) is 0 Å². The number of hydrogen-bond donors (Lipinski definition) is 2. The Hall–Kier alpha value is -1.54. The van der Waals surface area contributed by atoms with Crippen molar-refractivity contribution in [3.8, 4) is 5.75 Å². The second-order valence-electron chi connectivity index (χ2n) is 2.89. The molecule has 0 amide bonds. The van der Waals surface area contributed by atoms with Gasteiger partial charge in [-0.15, -0.1) is 0 Å². The summed E-state index contributed by atoms with van der Waals surface area (Å²) < 4.78 is 0. The molecule has 0 heterocycles. The van der Waals surface area contributed by atoms with Gasteiger partial charge >= 0.3 is 0 Å². The van der Waals surface area contributed by atoms with Crippen molar-refractivity contribution in [3.63, 3.8) is 0 Å². The molecule has 1 rings (SSSR count). The highest BCUT2D eigenvalue weighted by molar-refractivity contribution is 5.58. The van der Waals surface area contributed by atoms with Crippen LogP contribution in [0, 0.1) is 0 Å². The van der Waals surface area contributed by atoms with Gasteiger partial charge in [0.15, 0.2) is 0 Å². The van der Waals surface area contributed by atoms with Crippen LogP contribution >= 0.6 is 0 Å². The number of aliphatic hydroxyl groups is 1. The second kappa shape index (κ2) is 5.25. The Morgan fingerprint density at radius 1 is 1.29 bits per heavy atom. The molecule has 0 unspecified atom stereocenters. The van der Waals surface area contributed by atoms with E-state index in [0.717, 1.165) is 5.56 Å². The molecule has 0 spiro atoms. The Balaban J connectivity index is 3.01. The lowest BCUT2D eigenvalue weighted by Crippen LogP contribution is -1.88. The molecule has 0 aliphatic carbocycles. The van der Waals surface area contributed by atoms with E-state index in [2.05, 4.69) is 0 Å². The summed E-state index contributed by atoms with van der Waals surface area (Å²) >= 11 is 0. The fourth-order valence-electron chi connectivity index (χ4n) is 1.19. The van der Waals surface area contributed by atoms with E-state index in [1.807, 2.05) is 37.3 Å². The van der Waals surface area contributed by atoms with Gasteiger partial charge in [-0.05, 0) is 18.6 Å². The largest absolute Gasteiger partial charge is 0.508 e. The lowest BCUT2D eigenvalue weighted by Gasteiger charge is -2.04. The molecule has 2 N–H and O–H groups in total. The van der Waals surface area contributed by atoms with E-state index in [0.29, 0.717) is 5.56 Å². The van der Waals surface area contributed by atoms with Gasteiger partial charge in [-0.3, -0.25) is 0 Å². The van der Waals surface area contributed by atoms with Crippen molar-refractivity contribution in [2.45, 2.75) is 13.5 Å². The van der Waals surface area contributed by atoms with E-state index in [4.69, 9.17) is 5.11 Å². The smallest absolute Gasteiger partial charge is 0.121 e. The van der Waals surface area contributed by atoms with Crippen LogP contribution in [0.2, 0.25) is 0 Å². The van der Waals surface area contributed by atoms with Crippen LogP contribution in [0.4, 0.5) is 0 Å². The first-order valence-corrected chi connectivity index (χ1v) is 4.50. The minimum atomic E-state index is -0.151. The Morgan fingerprint density at radius 3 is 2.71 bits per heavy atom. The number of allylic oxidation sites excluding steroid dienone is 3. The van der Waals surface area contributed by atoms with Gasteiger partial charge in [-0.2, -0.15) is 0 Å². The van der Waals surface area contributed by atoms with Crippen molar-refractivity contribution < 1.29 is 10.2 Å². The van der Waals surface area contributed by atoms with Gasteiger partial charge in [0.2, 0.25) is 0 Å². The van der Waals surface area contributed by atoms with Crippen LogP contribution in [0.5, 0.6) is 5.75 Å². The highest BCUT2D eigenvalue weighted by Gasteiger charge is 2.02. The van der Waals surface area contributed by atoms with Crippen LogP contribution in [0.1, 0.15) is 18.1 Å². The predicted molar refractivity (Wildman–Crippen MR) is 57.9 cm³/mol. The average molecular weight is 190 g/mol. The molecular formula is C12H14O2. The van der Waals surface area contributed by atoms with Gasteiger partial charge < -0.3 is 10.2 Å². The molecule has 1 aromatic carbocycles. The molecule has 0 radical (unpaired) electrons. The lowest BCUT2D eigenvalue weighted by molar-refractivity contribution is 0.275. The number of hydrogen-bond acceptors (Lipinski definition) is 2. The van der Waals surface area contributed by atoms with Gasteiger partial charge in [0, 0.05) is 5.56 Å². The zero-order valence-corrected chi connectivity index (χ0v) is 8.14. The fourth-order valence-corrected chi connectivity index (χ4v) is 1.19. The Labute approximate surface area is 83.8 Å². The first kappa shape index (κ1) is 10.5. The molecule has 1 aromatic rings. The quantitative estimate of drug-likeness (QED) is 0.719. The molecule has 0 saturated carbocycles. The Bertz CT molecular complexity index is 351. The SMILES string of the molecule is C/C=C/C=C/c1cccc(O)c1CO. The van der Waals surface area contributed by atoms with Crippen LogP contribution in [0.3, 0.4) is 0 Å². The maximum Gasteiger partial charge on any atom is 0.121 e. The third-order valence-corrected chi connectivity index (χ3v) is 1.92. The molecule has 0 atom stereocenters. The summed E-state index contributed by atoms with van der Waals surface area (Å²) in [4.78, 5) is 0. The lowest BCUT2D eigenvalue weighted by atomic mass is 10.1. The first-order valence-electron chi connectivity index (χ1n) is 4.50. The molecule has 0 aromatic heterocycles. The topological polar surface area (TPSA) is 40.5 Å². The number of phenols is 1. The van der Waals surface area contributed by atoms with Gasteiger partial charge in [-0.1, -0.05) is 36.4 Å². The predicted octanol–water partition coefficient (Wildman–Crippen LogP) is 2.47. The Morgan fingerprint density at radius 2 is 2.07 bits per heavy atom. The number of rotatable bonds is 3. The fraction of sp³-hybridized carbons (Fsp3) is 0.167. The van der Waals surface area contributed by atoms with E-state index < -0.39 is 0 Å². The molecule has 0 fully saturated rings. The summed E-state index contributed by atoms with van der Waals surface area (Å²) in [6.07, 6.45) is 7.53. The van der Waals surface area contributed by atoms with Crippen LogP contribution in [-0.2, 0) is 6.61 Å². The zero-order chi connectivity index (χ0) is 10.4. The summed E-state index contributed by atoms with van der Waals surface area (Å²) in [7, 11) is 0. The summed E-state index contributed by atoms with van der Waals surface area (Å²) in [5.74, 6) is 0.134. The third-order valence-electron chi connectivity index (χ3n) is 1.92. The monoisotopic (exact) mass is 190 g/mol. The van der Waals surface area contributed by atoms with E-state index in [-0.39, 0.29) is 12.4 Å². The zero-order valence-electron chi connectivity index (χ0n) is 8.14. The highest BCUT2D eigenvalue weighted by Crippen LogP contribution is 2.21. The van der Waals surface area contributed by atoms with Gasteiger partial charge in [0.1, 0.15) is 5.75 Å². The van der Waals surface area contributed by atoms with Gasteiger partial charge in [-0.25, -0.2) is 0 Å². The molecule has 0 aliphatic rings. The van der Waals surface area contributed by atoms with E-state index in [1.165, 1.54) is 0 Å². The molecule has 0 saturated heterocycles. The maximum atomic E-state index is 9.44. The van der Waals surface area contributed by atoms with Crippen LogP contribution < -0.4 is 0 Å². The van der Waals surface area contributed by atoms with Gasteiger partial charge in [0.25, 0.3) is 0 Å². The molecule has 74 valence electrons. The summed E-state index contributed by atoms with van der Waals surface area (Å²) in [5.41, 5.74) is 1.40. The molecule has 14 heavy (non-hydrogen) atoms. The Kier molecular flexibility index (Phi) is 3.95. The number of aromatic hydroxyl groups is 1. The van der Waals surface area contributed by atoms with Crippen molar-refractivity contribution in [2.24, 2.45) is 0 Å². The van der Waals surface area contributed by atoms with Crippen molar-refractivity contribution in [2.75, 3.05) is 0 Å². The van der Waals surface area contributed by atoms with Crippen molar-refractivity contribution in [1.29, 1.82) is 0 Å². The first-order chi connectivity index (χ1) is 6.79. The van der Waals surface area contributed by atoms with Crippen LogP contribution in [-0.4, -0.2) is 10.2 Å². The molecule has 0 bridgehead atoms. The van der Waals surface area contributed by atoms with Crippen LogP contribution in [0.15, 0.2) is 36.4 Å². The van der Waals surface area contributed by atoms with Gasteiger partial charge in [0.05, 0.1) is 6.61 Å². The third kappa shape index (κ3) is 2.47. The van der Waals surface area contributed by atoms with Crippen molar-refractivity contribution >= 4 is 6.08 Å². The highest BCUT2D eigenvalue weighted by atomic mass is 16.3. The molecule has 0 aliphatic heterocycles. The van der Waals surface area contributed by atoms with E-state index >= 15 is 0 Å². The number of aliphatic hydroxyl groups excluding tert-OH is 1. The maximum absolute atomic E-state index is 9.44. The summed E-state index contributed by atoms with van der Waals surface area (Å²) in [6.45, 7) is 1.78. The second-order valence-corrected chi connectivity index (χ2v) is 2.89. The standard InChI is InChI=1S/C12H14O2/c1-2-3-4-6-10-7-5-8-12(14)11(10)9-13/h2-8,13-14H,9H2,1H3/b3-2+,6-4+. The average Bonchev–Trinajstić information content (AvgIpc) is 2.18. The molecule has 2 nitrogen and oxygen atoms in total. The number of benzene rings is 1. The minimum absolute atomic E-state index is 0.134. The van der Waals surface area contributed by atoms with Crippen molar-refractivity contribution in [3.05, 3.63) is 47.6 Å². The summed E-state index contributed by atoms with van der Waals surface area (Å²) in [5, 5.41) is 18.5. The van der Waals surface area contributed by atoms with Crippen LogP contribution in [0.25, 0.3) is 6.08 Å².